The van der Waals surface area contributed by atoms with E-state index in [-0.39, 0.29) is 22.3 Å². The number of anilines is 1. The summed E-state index contributed by atoms with van der Waals surface area (Å²) in [4.78, 5) is 23.4. The number of aryl methyl sites for hydroxylation is 1. The number of carbonyl (C=O) groups is 1. The minimum Gasteiger partial charge on any atom is -0.334 e. The lowest BCUT2D eigenvalue weighted by atomic mass is 10.2. The number of nitrogens with two attached hydrogens (primary N) is 1. The molecule has 0 aliphatic carbocycles. The first-order chi connectivity index (χ1) is 11.2. The van der Waals surface area contributed by atoms with Gasteiger partial charge in [0.15, 0.2) is 0 Å². The highest BCUT2D eigenvalue weighted by Gasteiger charge is 2.30. The van der Waals surface area contributed by atoms with Crippen LogP contribution in [0.3, 0.4) is 0 Å². The fourth-order valence-corrected chi connectivity index (χ4v) is 2.32. The smallest absolute Gasteiger partial charge is 0.334 e. The summed E-state index contributed by atoms with van der Waals surface area (Å²) in [6.45, 7) is 1.44. The second-order valence-electron chi connectivity index (χ2n) is 4.66. The van der Waals surface area contributed by atoms with Crippen LogP contribution in [0.4, 0.5) is 18.9 Å². The molecule has 0 fully saturated rings. The summed E-state index contributed by atoms with van der Waals surface area (Å²) in [5.41, 5.74) is -1.30. The summed E-state index contributed by atoms with van der Waals surface area (Å²) in [6.07, 6.45) is -4.50. The molecular weight excluding hydrogens is 347 g/mol. The lowest BCUT2D eigenvalue weighted by molar-refractivity contribution is -0.137. The number of amides is 1. The average molecular weight is 359 g/mol. The van der Waals surface area contributed by atoms with E-state index in [0.717, 1.165) is 28.6 Å². The van der Waals surface area contributed by atoms with Gasteiger partial charge in [-0.05, 0) is 25.1 Å². The summed E-state index contributed by atoms with van der Waals surface area (Å²) in [5, 5.41) is 9.64. The van der Waals surface area contributed by atoms with E-state index in [1.165, 1.54) is 19.1 Å². The molecule has 1 heterocycles. The van der Waals surface area contributed by atoms with Crippen molar-refractivity contribution >= 4 is 23.4 Å². The Kier molecular flexibility index (Phi) is 5.12. The maximum absolute atomic E-state index is 12.6. The number of nitrogens with one attached hydrogen (secondary N) is 1. The zero-order chi connectivity index (χ0) is 17.9. The Labute approximate surface area is 138 Å². The number of aromatic nitrogens is 3. The molecule has 7 nitrogen and oxygen atoms in total. The lowest BCUT2D eigenvalue weighted by Crippen LogP contribution is -2.32. The van der Waals surface area contributed by atoms with Crippen molar-refractivity contribution in [2.24, 2.45) is 0 Å². The first-order valence-electron chi connectivity index (χ1n) is 6.50. The van der Waals surface area contributed by atoms with Crippen LogP contribution < -0.4 is 16.7 Å². The van der Waals surface area contributed by atoms with E-state index >= 15 is 0 Å². The van der Waals surface area contributed by atoms with Gasteiger partial charge in [0.05, 0.1) is 11.3 Å². The van der Waals surface area contributed by atoms with E-state index in [1.54, 1.807) is 0 Å². The Balaban J connectivity index is 2.02. The third-order valence-electron chi connectivity index (χ3n) is 2.83. The maximum Gasteiger partial charge on any atom is 0.416 e. The van der Waals surface area contributed by atoms with Crippen LogP contribution >= 0.6 is 11.8 Å². The fourth-order valence-electron chi connectivity index (χ4n) is 1.67. The number of nitrogen functional groups attached to an aromatic ring is 1. The van der Waals surface area contributed by atoms with Gasteiger partial charge in [0.25, 0.3) is 5.56 Å². The molecule has 24 heavy (non-hydrogen) atoms. The highest BCUT2D eigenvalue weighted by atomic mass is 32.2. The maximum atomic E-state index is 12.6. The highest BCUT2D eigenvalue weighted by molar-refractivity contribution is 7.99. The van der Waals surface area contributed by atoms with Crippen molar-refractivity contribution in [3.63, 3.8) is 0 Å². The van der Waals surface area contributed by atoms with Gasteiger partial charge in [-0.15, -0.1) is 10.2 Å². The first-order valence-corrected chi connectivity index (χ1v) is 7.48. The van der Waals surface area contributed by atoms with Gasteiger partial charge in [-0.3, -0.25) is 9.59 Å². The molecule has 1 amide bonds. The molecule has 1 aromatic heterocycles. The monoisotopic (exact) mass is 359 g/mol. The predicted molar refractivity (Wildman–Crippen MR) is 82.0 cm³/mol. The summed E-state index contributed by atoms with van der Waals surface area (Å²) in [6, 6.07) is 4.25. The van der Waals surface area contributed by atoms with Gasteiger partial charge < -0.3 is 11.2 Å². The SMILES string of the molecule is Cc1nnc(SCC(=O)Nc2cccc(C(F)(F)F)c2)n(N)c1=O. The van der Waals surface area contributed by atoms with Crippen LogP contribution in [0.15, 0.2) is 34.2 Å². The Morgan fingerprint density at radius 3 is 2.75 bits per heavy atom. The molecular formula is C13H12F3N5O2S. The third kappa shape index (κ3) is 4.25. The van der Waals surface area contributed by atoms with Crippen molar-refractivity contribution in [2.45, 2.75) is 18.3 Å². The fraction of sp³-hybridized carbons (Fsp3) is 0.231. The normalized spacial score (nSPS) is 11.3. The summed E-state index contributed by atoms with van der Waals surface area (Å²) < 4.78 is 38.6. The molecule has 0 saturated carbocycles. The number of rotatable bonds is 4. The largest absolute Gasteiger partial charge is 0.416 e. The average Bonchev–Trinajstić information content (AvgIpc) is 2.51. The van der Waals surface area contributed by atoms with Gasteiger partial charge in [0.2, 0.25) is 11.1 Å². The molecule has 2 rings (SSSR count). The number of hydrogen-bond acceptors (Lipinski definition) is 6. The molecule has 1 aromatic carbocycles. The van der Waals surface area contributed by atoms with E-state index in [9.17, 15) is 22.8 Å². The van der Waals surface area contributed by atoms with Crippen molar-refractivity contribution < 1.29 is 18.0 Å². The van der Waals surface area contributed by atoms with Gasteiger partial charge in [-0.2, -0.15) is 17.8 Å². The number of alkyl halides is 3. The second-order valence-corrected chi connectivity index (χ2v) is 5.60. The minimum absolute atomic E-state index is 0.00977. The minimum atomic E-state index is -4.50. The van der Waals surface area contributed by atoms with Crippen molar-refractivity contribution in [1.29, 1.82) is 0 Å². The van der Waals surface area contributed by atoms with Crippen LogP contribution in [0.25, 0.3) is 0 Å². The quantitative estimate of drug-likeness (QED) is 0.632. The molecule has 0 spiro atoms. The van der Waals surface area contributed by atoms with Gasteiger partial charge in [-0.25, -0.2) is 0 Å². The van der Waals surface area contributed by atoms with E-state index < -0.39 is 23.2 Å². The Morgan fingerprint density at radius 2 is 2.08 bits per heavy atom. The molecule has 0 aliphatic heterocycles. The van der Waals surface area contributed by atoms with Crippen molar-refractivity contribution in [3.05, 3.63) is 45.9 Å². The molecule has 0 atom stereocenters. The van der Waals surface area contributed by atoms with Crippen LogP contribution in [-0.4, -0.2) is 26.5 Å². The molecule has 128 valence electrons. The number of benzene rings is 1. The first kappa shape index (κ1) is 17.8. The zero-order valence-electron chi connectivity index (χ0n) is 12.3. The molecule has 0 bridgehead atoms. The van der Waals surface area contributed by atoms with Crippen LogP contribution in [0.2, 0.25) is 0 Å². The van der Waals surface area contributed by atoms with Gasteiger partial charge in [0.1, 0.15) is 5.69 Å². The van der Waals surface area contributed by atoms with Gasteiger partial charge in [0, 0.05) is 5.69 Å². The Morgan fingerprint density at radius 1 is 1.38 bits per heavy atom. The zero-order valence-corrected chi connectivity index (χ0v) is 13.1. The highest BCUT2D eigenvalue weighted by Crippen LogP contribution is 2.30. The molecule has 0 unspecified atom stereocenters. The molecule has 11 heteroatoms. The van der Waals surface area contributed by atoms with E-state index in [2.05, 4.69) is 15.5 Å². The van der Waals surface area contributed by atoms with Crippen LogP contribution in [0.1, 0.15) is 11.3 Å². The van der Waals surface area contributed by atoms with Crippen LogP contribution in [0, 0.1) is 6.92 Å². The molecule has 2 aromatic rings. The number of carbonyl (C=O) groups excluding carboxylic acids is 1. The Hall–Kier alpha value is -2.56. The summed E-state index contributed by atoms with van der Waals surface area (Å²) >= 11 is 0.837. The third-order valence-corrected chi connectivity index (χ3v) is 3.77. The lowest BCUT2D eigenvalue weighted by Gasteiger charge is -2.10. The number of hydrogen-bond donors (Lipinski definition) is 2. The van der Waals surface area contributed by atoms with Crippen molar-refractivity contribution in [2.75, 3.05) is 16.9 Å². The predicted octanol–water partition coefficient (Wildman–Crippen LogP) is 1.41. The molecule has 0 saturated heterocycles. The molecule has 3 N–H and O–H groups in total. The summed E-state index contributed by atoms with van der Waals surface area (Å²) in [5.74, 6) is 4.74. The van der Waals surface area contributed by atoms with Gasteiger partial charge >= 0.3 is 6.18 Å². The van der Waals surface area contributed by atoms with E-state index in [0.29, 0.717) is 0 Å². The number of halogens is 3. The van der Waals surface area contributed by atoms with E-state index in [1.807, 2.05) is 0 Å². The second kappa shape index (κ2) is 6.91. The van der Waals surface area contributed by atoms with Crippen LogP contribution in [-0.2, 0) is 11.0 Å². The Bertz CT molecular complexity index is 822. The molecule has 0 radical (unpaired) electrons. The summed E-state index contributed by atoms with van der Waals surface area (Å²) in [7, 11) is 0. The standard InChI is InChI=1S/C13H12F3N5O2S/c1-7-11(23)21(17)12(20-19-7)24-6-10(22)18-9-4-2-3-8(5-9)13(14,15)16/h2-5H,6,17H2,1H3,(H,18,22). The number of nitrogens with zero attached hydrogens (tertiary/aromatic N) is 3. The van der Waals surface area contributed by atoms with E-state index in [4.69, 9.17) is 5.84 Å². The molecule has 0 aliphatic rings. The van der Waals surface area contributed by atoms with Crippen LogP contribution in [0.5, 0.6) is 0 Å². The number of thioether (sulfide) groups is 1. The van der Waals surface area contributed by atoms with Crippen molar-refractivity contribution in [3.8, 4) is 0 Å². The topological polar surface area (TPSA) is 103 Å². The van der Waals surface area contributed by atoms with Gasteiger partial charge in [-0.1, -0.05) is 17.8 Å². The van der Waals surface area contributed by atoms with Crippen molar-refractivity contribution in [1.82, 2.24) is 14.9 Å².